The van der Waals surface area contributed by atoms with Gasteiger partial charge in [0.05, 0.1) is 6.04 Å². The zero-order valence-corrected chi connectivity index (χ0v) is 11.2. The molecular weight excluding hydrogens is 222 g/mol. The molecule has 0 saturated carbocycles. The Morgan fingerprint density at radius 1 is 1.39 bits per heavy atom. The molecule has 18 heavy (non-hydrogen) atoms. The van der Waals surface area contributed by atoms with Crippen LogP contribution in [0.4, 0.5) is 0 Å². The van der Waals surface area contributed by atoms with Gasteiger partial charge in [0, 0.05) is 5.39 Å². The average molecular weight is 243 g/mol. The average Bonchev–Trinajstić information content (AvgIpc) is 2.77. The number of fused-ring (bicyclic) bond motifs is 1. The Balaban J connectivity index is 2.19. The van der Waals surface area contributed by atoms with Crippen LogP contribution in [0.2, 0.25) is 0 Å². The quantitative estimate of drug-likeness (QED) is 0.602. The van der Waals surface area contributed by atoms with Crippen LogP contribution in [0.15, 0.2) is 41.3 Å². The Bertz CT molecular complexity index is 527. The fraction of sp³-hybridized carbons (Fsp3) is 0.375. The van der Waals surface area contributed by atoms with Crippen molar-refractivity contribution in [2.45, 2.75) is 32.2 Å². The monoisotopic (exact) mass is 243 g/mol. The van der Waals surface area contributed by atoms with Gasteiger partial charge in [-0.2, -0.15) is 0 Å². The van der Waals surface area contributed by atoms with Crippen molar-refractivity contribution in [3.8, 4) is 0 Å². The van der Waals surface area contributed by atoms with Crippen LogP contribution < -0.4 is 5.32 Å². The van der Waals surface area contributed by atoms with Gasteiger partial charge in [0.25, 0.3) is 0 Å². The third-order valence-corrected chi connectivity index (χ3v) is 3.28. The third kappa shape index (κ3) is 2.82. The van der Waals surface area contributed by atoms with Gasteiger partial charge in [0.2, 0.25) is 0 Å². The molecule has 2 nitrogen and oxygen atoms in total. The highest BCUT2D eigenvalue weighted by Crippen LogP contribution is 2.27. The van der Waals surface area contributed by atoms with E-state index in [0.29, 0.717) is 0 Å². The molecule has 2 heteroatoms. The van der Waals surface area contributed by atoms with E-state index in [1.54, 1.807) is 0 Å². The van der Waals surface area contributed by atoms with Gasteiger partial charge in [-0.05, 0) is 51.4 Å². The van der Waals surface area contributed by atoms with Crippen LogP contribution in [0.25, 0.3) is 11.0 Å². The second-order valence-corrected chi connectivity index (χ2v) is 4.75. The summed E-state index contributed by atoms with van der Waals surface area (Å²) in [6, 6.07) is 8.74. The predicted molar refractivity (Wildman–Crippen MR) is 76.8 cm³/mol. The van der Waals surface area contributed by atoms with Crippen molar-refractivity contribution < 1.29 is 4.42 Å². The molecule has 1 unspecified atom stereocenters. The summed E-state index contributed by atoms with van der Waals surface area (Å²) in [6.45, 7) is 5.86. The van der Waals surface area contributed by atoms with Crippen molar-refractivity contribution in [2.24, 2.45) is 0 Å². The number of furan rings is 1. The standard InChI is InChI=1S/C16H21NO/c1-4-5-6-7-14(17-3)16-11-13-10-12(2)8-9-15(13)18-16/h4,8-11,14,17H,1,5-7H2,2-3H3. The molecule has 2 rings (SSSR count). The molecular formula is C16H21NO. The highest BCUT2D eigenvalue weighted by molar-refractivity contribution is 5.78. The first-order valence-corrected chi connectivity index (χ1v) is 6.53. The van der Waals surface area contributed by atoms with E-state index in [4.69, 9.17) is 4.42 Å². The van der Waals surface area contributed by atoms with Gasteiger partial charge in [-0.15, -0.1) is 6.58 Å². The SMILES string of the molecule is C=CCCCC(NC)c1cc2cc(C)ccc2o1. The lowest BCUT2D eigenvalue weighted by Crippen LogP contribution is -2.15. The van der Waals surface area contributed by atoms with Crippen LogP contribution in [-0.4, -0.2) is 7.05 Å². The summed E-state index contributed by atoms with van der Waals surface area (Å²) in [5.74, 6) is 1.03. The second kappa shape index (κ2) is 5.87. The maximum Gasteiger partial charge on any atom is 0.134 e. The summed E-state index contributed by atoms with van der Waals surface area (Å²) >= 11 is 0. The number of nitrogens with one attached hydrogen (secondary N) is 1. The minimum atomic E-state index is 0.289. The van der Waals surface area contributed by atoms with Crippen molar-refractivity contribution in [3.63, 3.8) is 0 Å². The number of aryl methyl sites for hydroxylation is 1. The Hall–Kier alpha value is -1.54. The zero-order valence-electron chi connectivity index (χ0n) is 11.2. The van der Waals surface area contributed by atoms with Crippen LogP contribution in [0.3, 0.4) is 0 Å². The fourth-order valence-corrected chi connectivity index (χ4v) is 2.25. The number of hydrogen-bond donors (Lipinski definition) is 1. The molecule has 1 atom stereocenters. The van der Waals surface area contributed by atoms with Crippen LogP contribution in [0.1, 0.15) is 36.6 Å². The Morgan fingerprint density at radius 3 is 2.94 bits per heavy atom. The lowest BCUT2D eigenvalue weighted by atomic mass is 10.1. The summed E-state index contributed by atoms with van der Waals surface area (Å²) in [5.41, 5.74) is 2.24. The zero-order chi connectivity index (χ0) is 13.0. The van der Waals surface area contributed by atoms with Gasteiger partial charge in [0.15, 0.2) is 0 Å². The first-order valence-electron chi connectivity index (χ1n) is 6.53. The Kier molecular flexibility index (Phi) is 4.21. The van der Waals surface area contributed by atoms with E-state index >= 15 is 0 Å². The fourth-order valence-electron chi connectivity index (χ4n) is 2.25. The molecule has 96 valence electrons. The molecule has 0 aliphatic rings. The van der Waals surface area contributed by atoms with Crippen LogP contribution in [0.5, 0.6) is 0 Å². The Morgan fingerprint density at radius 2 is 2.22 bits per heavy atom. The van der Waals surface area contributed by atoms with E-state index in [0.717, 1.165) is 30.6 Å². The predicted octanol–water partition coefficient (Wildman–Crippen LogP) is 4.36. The normalized spacial score (nSPS) is 12.8. The molecule has 0 spiro atoms. The molecule has 1 aromatic heterocycles. The summed E-state index contributed by atoms with van der Waals surface area (Å²) < 4.78 is 5.92. The first kappa shape index (κ1) is 12.9. The number of hydrogen-bond acceptors (Lipinski definition) is 2. The minimum Gasteiger partial charge on any atom is -0.459 e. The van der Waals surface area contributed by atoms with Crippen molar-refractivity contribution in [1.82, 2.24) is 5.32 Å². The lowest BCUT2D eigenvalue weighted by Gasteiger charge is -2.12. The molecule has 2 aromatic rings. The van der Waals surface area contributed by atoms with E-state index < -0.39 is 0 Å². The molecule has 0 aliphatic heterocycles. The maximum atomic E-state index is 5.92. The lowest BCUT2D eigenvalue weighted by molar-refractivity contribution is 0.426. The smallest absolute Gasteiger partial charge is 0.134 e. The number of allylic oxidation sites excluding steroid dienone is 1. The summed E-state index contributed by atoms with van der Waals surface area (Å²) in [5, 5.41) is 4.51. The van der Waals surface area contributed by atoms with E-state index in [9.17, 15) is 0 Å². The molecule has 1 aromatic carbocycles. The molecule has 0 amide bonds. The molecule has 1 N–H and O–H groups in total. The van der Waals surface area contributed by atoms with E-state index in [2.05, 4.69) is 37.0 Å². The van der Waals surface area contributed by atoms with Gasteiger partial charge < -0.3 is 9.73 Å². The van der Waals surface area contributed by atoms with Crippen molar-refractivity contribution >= 4 is 11.0 Å². The van der Waals surface area contributed by atoms with Crippen LogP contribution in [0, 0.1) is 6.92 Å². The van der Waals surface area contributed by atoms with Crippen molar-refractivity contribution in [2.75, 3.05) is 7.05 Å². The van der Waals surface area contributed by atoms with Crippen LogP contribution >= 0.6 is 0 Å². The molecule has 0 fully saturated rings. The van der Waals surface area contributed by atoms with E-state index in [1.165, 1.54) is 10.9 Å². The van der Waals surface area contributed by atoms with E-state index in [1.807, 2.05) is 19.2 Å². The van der Waals surface area contributed by atoms with Gasteiger partial charge in [0.1, 0.15) is 11.3 Å². The maximum absolute atomic E-state index is 5.92. The second-order valence-electron chi connectivity index (χ2n) is 4.75. The molecule has 0 radical (unpaired) electrons. The Labute approximate surface area is 109 Å². The van der Waals surface area contributed by atoms with Gasteiger partial charge in [-0.1, -0.05) is 17.7 Å². The highest BCUT2D eigenvalue weighted by atomic mass is 16.3. The first-order chi connectivity index (χ1) is 8.74. The van der Waals surface area contributed by atoms with Crippen LogP contribution in [-0.2, 0) is 0 Å². The minimum absolute atomic E-state index is 0.289. The number of benzene rings is 1. The molecule has 0 aliphatic carbocycles. The highest BCUT2D eigenvalue weighted by Gasteiger charge is 2.13. The largest absolute Gasteiger partial charge is 0.459 e. The number of unbranched alkanes of at least 4 members (excludes halogenated alkanes) is 1. The molecule has 1 heterocycles. The topological polar surface area (TPSA) is 25.2 Å². The van der Waals surface area contributed by atoms with Gasteiger partial charge in [-0.3, -0.25) is 0 Å². The summed E-state index contributed by atoms with van der Waals surface area (Å²) in [7, 11) is 1.98. The molecule has 0 saturated heterocycles. The van der Waals surface area contributed by atoms with Crippen molar-refractivity contribution in [1.29, 1.82) is 0 Å². The number of rotatable bonds is 6. The summed E-state index contributed by atoms with van der Waals surface area (Å²) in [4.78, 5) is 0. The third-order valence-electron chi connectivity index (χ3n) is 3.28. The van der Waals surface area contributed by atoms with Crippen molar-refractivity contribution in [3.05, 3.63) is 48.2 Å². The van der Waals surface area contributed by atoms with Gasteiger partial charge in [-0.25, -0.2) is 0 Å². The summed E-state index contributed by atoms with van der Waals surface area (Å²) in [6.07, 6.45) is 5.22. The molecule has 0 bridgehead atoms. The van der Waals surface area contributed by atoms with E-state index in [-0.39, 0.29) is 6.04 Å². The van der Waals surface area contributed by atoms with Gasteiger partial charge >= 0.3 is 0 Å².